The third-order valence-corrected chi connectivity index (χ3v) is 1.74. The highest BCUT2D eigenvalue weighted by Gasteiger charge is 2.20. The van der Waals surface area contributed by atoms with Crippen molar-refractivity contribution < 1.29 is 19.8 Å². The number of rotatable bonds is 2. The predicted molar refractivity (Wildman–Crippen MR) is 49.5 cm³/mol. The van der Waals surface area contributed by atoms with Crippen LogP contribution in [0.4, 0.5) is 5.69 Å². The molecule has 0 atom stereocenters. The number of nitrogens with zero attached hydrogens (tertiary/aromatic N) is 1. The summed E-state index contributed by atoms with van der Waals surface area (Å²) in [6.45, 7) is 0. The number of benzene rings is 1. The second kappa shape index (κ2) is 3.67. The number of nitrogen functional groups attached to an aromatic ring is 1. The summed E-state index contributed by atoms with van der Waals surface area (Å²) in [5.41, 5.74) is 4.13. The van der Waals surface area contributed by atoms with Gasteiger partial charge in [0.25, 0.3) is 0 Å². The first kappa shape index (κ1) is 10.5. The Morgan fingerprint density at radius 1 is 1.27 bits per heavy atom. The first-order valence-corrected chi connectivity index (χ1v) is 3.77. The smallest absolute Gasteiger partial charge is 0.338 e. The van der Waals surface area contributed by atoms with Crippen LogP contribution >= 0.6 is 0 Å². The standard InChI is InChI=1S/C9H6N2O4/c10-3-4-1-5(8(12)13)7(9(14)15)6(11)2-4/h1-2H,11H2,(H,12,13)(H,14,15). The number of nitrogens with two attached hydrogens (primary N) is 1. The number of carboxylic acid groups (broad SMARTS) is 2. The van der Waals surface area contributed by atoms with E-state index in [0.717, 1.165) is 12.1 Å². The Kier molecular flexibility index (Phi) is 2.58. The van der Waals surface area contributed by atoms with E-state index in [-0.39, 0.29) is 11.3 Å². The first-order chi connectivity index (χ1) is 6.97. The lowest BCUT2D eigenvalue weighted by atomic mass is 10.0. The van der Waals surface area contributed by atoms with Gasteiger partial charge in [0.2, 0.25) is 0 Å². The van der Waals surface area contributed by atoms with Crippen molar-refractivity contribution in [2.45, 2.75) is 0 Å². The Balaban J connectivity index is 3.58. The van der Waals surface area contributed by atoms with Crippen molar-refractivity contribution in [1.29, 1.82) is 5.26 Å². The number of nitriles is 1. The monoisotopic (exact) mass is 206 g/mol. The minimum absolute atomic E-state index is 0.00917. The first-order valence-electron chi connectivity index (χ1n) is 3.77. The Morgan fingerprint density at radius 2 is 1.87 bits per heavy atom. The lowest BCUT2D eigenvalue weighted by Gasteiger charge is -2.05. The molecule has 0 aliphatic rings. The van der Waals surface area contributed by atoms with Gasteiger partial charge in [-0.05, 0) is 12.1 Å². The van der Waals surface area contributed by atoms with Crippen LogP contribution in [0.2, 0.25) is 0 Å². The van der Waals surface area contributed by atoms with Gasteiger partial charge in [-0.2, -0.15) is 5.26 Å². The maximum Gasteiger partial charge on any atom is 0.338 e. The molecule has 4 N–H and O–H groups in total. The molecule has 0 radical (unpaired) electrons. The Morgan fingerprint density at radius 3 is 2.27 bits per heavy atom. The summed E-state index contributed by atoms with van der Waals surface area (Å²) in [6, 6.07) is 3.79. The zero-order valence-corrected chi connectivity index (χ0v) is 7.39. The molecule has 0 amide bonds. The molecule has 0 saturated heterocycles. The highest BCUT2D eigenvalue weighted by Crippen LogP contribution is 2.19. The molecule has 15 heavy (non-hydrogen) atoms. The molecule has 0 saturated carbocycles. The third-order valence-electron chi connectivity index (χ3n) is 1.74. The van der Waals surface area contributed by atoms with Gasteiger partial charge in [-0.15, -0.1) is 0 Å². The largest absolute Gasteiger partial charge is 0.478 e. The minimum atomic E-state index is -1.44. The van der Waals surface area contributed by atoms with Gasteiger partial charge >= 0.3 is 11.9 Å². The van der Waals surface area contributed by atoms with Crippen LogP contribution in [0.5, 0.6) is 0 Å². The fourth-order valence-corrected chi connectivity index (χ4v) is 1.14. The molecule has 1 aromatic rings. The normalized spacial score (nSPS) is 9.27. The number of hydrogen-bond acceptors (Lipinski definition) is 4. The lowest BCUT2D eigenvalue weighted by molar-refractivity contribution is 0.0652. The fraction of sp³-hybridized carbons (Fsp3) is 0. The number of carbonyl (C=O) groups is 2. The Hall–Kier alpha value is -2.55. The molecule has 0 bridgehead atoms. The second-order valence-electron chi connectivity index (χ2n) is 2.71. The second-order valence-corrected chi connectivity index (χ2v) is 2.71. The average molecular weight is 206 g/mol. The molecule has 0 aliphatic heterocycles. The van der Waals surface area contributed by atoms with E-state index in [1.165, 1.54) is 0 Å². The number of carboxylic acids is 2. The zero-order valence-electron chi connectivity index (χ0n) is 7.39. The van der Waals surface area contributed by atoms with Crippen LogP contribution in [-0.4, -0.2) is 22.2 Å². The van der Waals surface area contributed by atoms with E-state index in [0.29, 0.717) is 0 Å². The van der Waals surface area contributed by atoms with Crippen LogP contribution < -0.4 is 5.73 Å². The van der Waals surface area contributed by atoms with Crippen molar-refractivity contribution in [3.8, 4) is 6.07 Å². The van der Waals surface area contributed by atoms with Crippen LogP contribution in [0.25, 0.3) is 0 Å². The van der Waals surface area contributed by atoms with E-state index >= 15 is 0 Å². The van der Waals surface area contributed by atoms with E-state index in [9.17, 15) is 9.59 Å². The molecule has 6 nitrogen and oxygen atoms in total. The molecule has 76 valence electrons. The lowest BCUT2D eigenvalue weighted by Crippen LogP contribution is -2.11. The number of anilines is 1. The minimum Gasteiger partial charge on any atom is -0.478 e. The number of aromatic carboxylic acids is 2. The maximum absolute atomic E-state index is 10.7. The predicted octanol–water partition coefficient (Wildman–Crippen LogP) is 0.537. The summed E-state index contributed by atoms with van der Waals surface area (Å²) >= 11 is 0. The highest BCUT2D eigenvalue weighted by molar-refractivity contribution is 6.05. The summed E-state index contributed by atoms with van der Waals surface area (Å²) < 4.78 is 0. The third kappa shape index (κ3) is 1.86. The van der Waals surface area contributed by atoms with E-state index in [4.69, 9.17) is 21.2 Å². The van der Waals surface area contributed by atoms with Gasteiger partial charge < -0.3 is 15.9 Å². The van der Waals surface area contributed by atoms with Gasteiger partial charge in [0, 0.05) is 5.69 Å². The summed E-state index contributed by atoms with van der Waals surface area (Å²) in [4.78, 5) is 21.4. The molecule has 0 heterocycles. The molecular weight excluding hydrogens is 200 g/mol. The molecule has 0 aliphatic carbocycles. The van der Waals surface area contributed by atoms with Crippen LogP contribution in [0, 0.1) is 11.3 Å². The molecule has 1 rings (SSSR count). The maximum atomic E-state index is 10.7. The van der Waals surface area contributed by atoms with Gasteiger partial charge in [0.1, 0.15) is 0 Å². The van der Waals surface area contributed by atoms with Crippen LogP contribution in [0.1, 0.15) is 26.3 Å². The molecule has 1 aromatic carbocycles. The average Bonchev–Trinajstić information content (AvgIpc) is 2.15. The van der Waals surface area contributed by atoms with Gasteiger partial charge in [-0.3, -0.25) is 0 Å². The summed E-state index contributed by atoms with van der Waals surface area (Å²) in [6.07, 6.45) is 0. The molecule has 0 unspecified atom stereocenters. The molecule has 6 heteroatoms. The quantitative estimate of drug-likeness (QED) is 0.606. The fourth-order valence-electron chi connectivity index (χ4n) is 1.14. The van der Waals surface area contributed by atoms with Gasteiger partial charge in [0.05, 0.1) is 22.8 Å². The Bertz CT molecular complexity index is 488. The molecule has 0 spiro atoms. The van der Waals surface area contributed by atoms with E-state index in [1.807, 2.05) is 0 Å². The Labute approximate surface area is 84.2 Å². The van der Waals surface area contributed by atoms with Gasteiger partial charge in [0.15, 0.2) is 0 Å². The topological polar surface area (TPSA) is 124 Å². The molecule has 0 fully saturated rings. The number of hydrogen-bond donors (Lipinski definition) is 3. The zero-order chi connectivity index (χ0) is 11.6. The molecule has 0 aromatic heterocycles. The van der Waals surface area contributed by atoms with Gasteiger partial charge in [-0.25, -0.2) is 9.59 Å². The van der Waals surface area contributed by atoms with E-state index in [2.05, 4.69) is 0 Å². The van der Waals surface area contributed by atoms with Crippen LogP contribution in [0.3, 0.4) is 0 Å². The van der Waals surface area contributed by atoms with Crippen molar-refractivity contribution in [1.82, 2.24) is 0 Å². The van der Waals surface area contributed by atoms with Crippen molar-refractivity contribution in [2.24, 2.45) is 0 Å². The van der Waals surface area contributed by atoms with Crippen molar-refractivity contribution in [3.05, 3.63) is 28.8 Å². The van der Waals surface area contributed by atoms with Crippen molar-refractivity contribution in [3.63, 3.8) is 0 Å². The SMILES string of the molecule is N#Cc1cc(N)c(C(=O)O)c(C(=O)O)c1. The summed E-state index contributed by atoms with van der Waals surface area (Å²) in [5, 5.41) is 26.0. The van der Waals surface area contributed by atoms with E-state index in [1.54, 1.807) is 6.07 Å². The highest BCUT2D eigenvalue weighted by atomic mass is 16.4. The van der Waals surface area contributed by atoms with Crippen LogP contribution in [0.15, 0.2) is 12.1 Å². The van der Waals surface area contributed by atoms with E-state index < -0.39 is 23.1 Å². The molecular formula is C9H6N2O4. The van der Waals surface area contributed by atoms with Crippen molar-refractivity contribution >= 4 is 17.6 Å². The van der Waals surface area contributed by atoms with Crippen molar-refractivity contribution in [2.75, 3.05) is 5.73 Å². The summed E-state index contributed by atoms with van der Waals surface area (Å²) in [5.74, 6) is -2.87. The summed E-state index contributed by atoms with van der Waals surface area (Å²) in [7, 11) is 0. The van der Waals surface area contributed by atoms with Gasteiger partial charge in [-0.1, -0.05) is 0 Å². The van der Waals surface area contributed by atoms with Crippen LogP contribution in [-0.2, 0) is 0 Å².